The Bertz CT molecular complexity index is 310. The largest absolute Gasteiger partial charge is 0.353 e. The van der Waals surface area contributed by atoms with Crippen molar-refractivity contribution in [2.75, 3.05) is 31.3 Å². The van der Waals surface area contributed by atoms with Crippen LogP contribution in [0.15, 0.2) is 23.2 Å². The van der Waals surface area contributed by atoms with Gasteiger partial charge in [0.1, 0.15) is 5.82 Å². The minimum atomic E-state index is 0.634. The van der Waals surface area contributed by atoms with Crippen molar-refractivity contribution >= 4 is 17.6 Å². The standard InChI is InChI=1S/C10H15N3S/c1-11-8-6-13(7-8)9-4-3-5-10(12-9)14-2/h3-5,8,11H,6-7H2,1-2H3. The van der Waals surface area contributed by atoms with E-state index in [1.165, 1.54) is 0 Å². The van der Waals surface area contributed by atoms with Gasteiger partial charge in [0.15, 0.2) is 0 Å². The van der Waals surface area contributed by atoms with E-state index in [2.05, 4.69) is 33.6 Å². The van der Waals surface area contributed by atoms with Crippen LogP contribution in [0, 0.1) is 0 Å². The molecule has 1 saturated heterocycles. The van der Waals surface area contributed by atoms with Crippen LogP contribution in [0.3, 0.4) is 0 Å². The van der Waals surface area contributed by atoms with Crippen LogP contribution in [0.4, 0.5) is 5.82 Å². The Morgan fingerprint density at radius 3 is 2.93 bits per heavy atom. The van der Waals surface area contributed by atoms with Crippen LogP contribution in [0.5, 0.6) is 0 Å². The first-order valence-corrected chi connectivity index (χ1v) is 5.99. The molecule has 0 radical (unpaired) electrons. The first kappa shape index (κ1) is 9.80. The molecule has 0 aromatic carbocycles. The van der Waals surface area contributed by atoms with Gasteiger partial charge in [0.2, 0.25) is 0 Å². The zero-order valence-electron chi connectivity index (χ0n) is 8.53. The van der Waals surface area contributed by atoms with Crippen LogP contribution < -0.4 is 10.2 Å². The zero-order valence-corrected chi connectivity index (χ0v) is 9.34. The van der Waals surface area contributed by atoms with Gasteiger partial charge < -0.3 is 10.2 Å². The normalized spacial score (nSPS) is 16.9. The highest BCUT2D eigenvalue weighted by Gasteiger charge is 2.25. The van der Waals surface area contributed by atoms with E-state index in [1.54, 1.807) is 11.8 Å². The maximum Gasteiger partial charge on any atom is 0.129 e. The summed E-state index contributed by atoms with van der Waals surface area (Å²) >= 11 is 1.69. The molecule has 0 unspecified atom stereocenters. The lowest BCUT2D eigenvalue weighted by molar-refractivity contribution is 0.446. The Morgan fingerprint density at radius 1 is 1.50 bits per heavy atom. The Labute approximate surface area is 88.9 Å². The van der Waals surface area contributed by atoms with E-state index in [0.29, 0.717) is 6.04 Å². The SMILES string of the molecule is CNC1CN(c2cccc(SC)n2)C1. The Morgan fingerprint density at radius 2 is 2.29 bits per heavy atom. The molecule has 3 nitrogen and oxygen atoms in total. The molecule has 1 fully saturated rings. The lowest BCUT2D eigenvalue weighted by Crippen LogP contribution is -2.57. The second kappa shape index (κ2) is 4.19. The molecule has 0 saturated carbocycles. The zero-order chi connectivity index (χ0) is 9.97. The van der Waals surface area contributed by atoms with E-state index in [0.717, 1.165) is 23.9 Å². The average molecular weight is 209 g/mol. The van der Waals surface area contributed by atoms with E-state index in [-0.39, 0.29) is 0 Å². The molecule has 2 rings (SSSR count). The first-order valence-electron chi connectivity index (χ1n) is 4.76. The molecular weight excluding hydrogens is 194 g/mol. The third-order valence-corrected chi connectivity index (χ3v) is 3.18. The smallest absolute Gasteiger partial charge is 0.129 e. The van der Waals surface area contributed by atoms with Crippen molar-refractivity contribution in [3.8, 4) is 0 Å². The van der Waals surface area contributed by atoms with Gasteiger partial charge in [-0.25, -0.2) is 4.98 Å². The Hall–Kier alpha value is -0.740. The predicted octanol–water partition coefficient (Wildman–Crippen LogP) is 1.21. The fraction of sp³-hybridized carbons (Fsp3) is 0.500. The van der Waals surface area contributed by atoms with Gasteiger partial charge in [0, 0.05) is 19.1 Å². The van der Waals surface area contributed by atoms with E-state index in [4.69, 9.17) is 0 Å². The van der Waals surface area contributed by atoms with Gasteiger partial charge in [0.25, 0.3) is 0 Å². The molecule has 1 aliphatic rings. The van der Waals surface area contributed by atoms with Crippen molar-refractivity contribution in [2.24, 2.45) is 0 Å². The van der Waals surface area contributed by atoms with Crippen LogP contribution in [-0.2, 0) is 0 Å². The number of rotatable bonds is 3. The first-order chi connectivity index (χ1) is 6.83. The number of aromatic nitrogens is 1. The molecule has 76 valence electrons. The van der Waals surface area contributed by atoms with Gasteiger partial charge in [-0.3, -0.25) is 0 Å². The lowest BCUT2D eigenvalue weighted by Gasteiger charge is -2.40. The second-order valence-corrected chi connectivity index (χ2v) is 4.26. The minimum Gasteiger partial charge on any atom is -0.353 e. The third-order valence-electron chi connectivity index (χ3n) is 2.53. The quantitative estimate of drug-likeness (QED) is 0.757. The number of pyridine rings is 1. The van der Waals surface area contributed by atoms with Crippen LogP contribution in [0.25, 0.3) is 0 Å². The van der Waals surface area contributed by atoms with E-state index < -0.39 is 0 Å². The molecule has 0 bridgehead atoms. The number of nitrogens with one attached hydrogen (secondary N) is 1. The number of hydrogen-bond donors (Lipinski definition) is 1. The van der Waals surface area contributed by atoms with Gasteiger partial charge in [-0.15, -0.1) is 11.8 Å². The summed E-state index contributed by atoms with van der Waals surface area (Å²) in [6, 6.07) is 6.82. The third kappa shape index (κ3) is 1.86. The van der Waals surface area contributed by atoms with Crippen molar-refractivity contribution in [3.63, 3.8) is 0 Å². The summed E-state index contributed by atoms with van der Waals surface area (Å²) in [5.41, 5.74) is 0. The number of thioether (sulfide) groups is 1. The molecule has 1 aromatic heterocycles. The Balaban J connectivity index is 2.03. The van der Waals surface area contributed by atoms with Gasteiger partial charge in [-0.2, -0.15) is 0 Å². The number of nitrogens with zero attached hydrogens (tertiary/aromatic N) is 2. The lowest BCUT2D eigenvalue weighted by atomic mass is 10.1. The molecular formula is C10H15N3S. The molecule has 1 aromatic rings. The summed E-state index contributed by atoms with van der Waals surface area (Å²) in [5, 5.41) is 4.35. The molecule has 0 aliphatic carbocycles. The van der Waals surface area contributed by atoms with Crippen LogP contribution >= 0.6 is 11.8 Å². The number of likely N-dealkylation sites (N-methyl/N-ethyl adjacent to an activating group) is 1. The van der Waals surface area contributed by atoms with E-state index >= 15 is 0 Å². The van der Waals surface area contributed by atoms with E-state index in [9.17, 15) is 0 Å². The summed E-state index contributed by atoms with van der Waals surface area (Å²) in [6.07, 6.45) is 2.05. The van der Waals surface area contributed by atoms with Gasteiger partial charge >= 0.3 is 0 Å². The predicted molar refractivity (Wildman–Crippen MR) is 61.1 cm³/mol. The summed E-state index contributed by atoms with van der Waals surface area (Å²) in [5.74, 6) is 1.10. The molecule has 0 spiro atoms. The van der Waals surface area contributed by atoms with Gasteiger partial charge in [0.05, 0.1) is 5.03 Å². The minimum absolute atomic E-state index is 0.634. The summed E-state index contributed by atoms with van der Waals surface area (Å²) in [6.45, 7) is 2.14. The molecule has 14 heavy (non-hydrogen) atoms. The molecule has 0 atom stereocenters. The highest BCUT2D eigenvalue weighted by atomic mass is 32.2. The fourth-order valence-electron chi connectivity index (χ4n) is 1.54. The fourth-order valence-corrected chi connectivity index (χ4v) is 1.94. The Kier molecular flexibility index (Phi) is 2.93. The highest BCUT2D eigenvalue weighted by Crippen LogP contribution is 2.21. The number of hydrogen-bond acceptors (Lipinski definition) is 4. The molecule has 0 amide bonds. The maximum atomic E-state index is 4.54. The summed E-state index contributed by atoms with van der Waals surface area (Å²) in [7, 11) is 2.01. The second-order valence-electron chi connectivity index (χ2n) is 3.43. The monoisotopic (exact) mass is 209 g/mol. The maximum absolute atomic E-state index is 4.54. The van der Waals surface area contributed by atoms with Crippen molar-refractivity contribution in [1.82, 2.24) is 10.3 Å². The molecule has 1 aliphatic heterocycles. The van der Waals surface area contributed by atoms with Crippen molar-refractivity contribution in [1.29, 1.82) is 0 Å². The summed E-state index contributed by atoms with van der Waals surface area (Å²) in [4.78, 5) is 6.84. The number of anilines is 1. The molecule has 1 N–H and O–H groups in total. The molecule has 2 heterocycles. The average Bonchev–Trinajstić information content (AvgIpc) is 2.17. The van der Waals surface area contributed by atoms with Gasteiger partial charge in [-0.1, -0.05) is 6.07 Å². The van der Waals surface area contributed by atoms with Crippen molar-refractivity contribution < 1.29 is 0 Å². The highest BCUT2D eigenvalue weighted by molar-refractivity contribution is 7.98. The van der Waals surface area contributed by atoms with Crippen LogP contribution in [0.1, 0.15) is 0 Å². The van der Waals surface area contributed by atoms with Crippen molar-refractivity contribution in [3.05, 3.63) is 18.2 Å². The molecule has 4 heteroatoms. The van der Waals surface area contributed by atoms with Crippen LogP contribution in [0.2, 0.25) is 0 Å². The van der Waals surface area contributed by atoms with Crippen molar-refractivity contribution in [2.45, 2.75) is 11.1 Å². The van der Waals surface area contributed by atoms with Crippen LogP contribution in [-0.4, -0.2) is 37.4 Å². The van der Waals surface area contributed by atoms with Gasteiger partial charge in [-0.05, 0) is 25.4 Å². The summed E-state index contributed by atoms with van der Waals surface area (Å²) < 4.78 is 0. The topological polar surface area (TPSA) is 28.2 Å². The van der Waals surface area contributed by atoms with E-state index in [1.807, 2.05) is 13.1 Å².